The summed E-state index contributed by atoms with van der Waals surface area (Å²) < 4.78 is 1.78. The summed E-state index contributed by atoms with van der Waals surface area (Å²) in [6, 6.07) is 9.76. The second-order valence-corrected chi connectivity index (χ2v) is 8.10. The van der Waals surface area contributed by atoms with Crippen LogP contribution in [0.1, 0.15) is 41.0 Å². The van der Waals surface area contributed by atoms with Crippen LogP contribution >= 0.6 is 0 Å². The zero-order valence-electron chi connectivity index (χ0n) is 16.4. The van der Waals surface area contributed by atoms with Gasteiger partial charge in [-0.2, -0.15) is 0 Å². The molecule has 0 saturated carbocycles. The number of hydrogen-bond donors (Lipinski definition) is 1. The van der Waals surface area contributed by atoms with Gasteiger partial charge in [0.05, 0.1) is 12.0 Å². The number of carbonyl (C=O) groups excluding carboxylic acids is 1. The first-order valence-corrected chi connectivity index (χ1v) is 10.0. The van der Waals surface area contributed by atoms with Crippen LogP contribution in [0.4, 0.5) is 0 Å². The van der Waals surface area contributed by atoms with E-state index in [-0.39, 0.29) is 16.9 Å². The van der Waals surface area contributed by atoms with Crippen molar-refractivity contribution < 1.29 is 4.79 Å². The van der Waals surface area contributed by atoms with Crippen LogP contribution in [-0.2, 0) is 18.9 Å². The lowest BCUT2D eigenvalue weighted by molar-refractivity contribution is 0.0658. The summed E-state index contributed by atoms with van der Waals surface area (Å²) in [4.78, 5) is 39.4. The van der Waals surface area contributed by atoms with Gasteiger partial charge in [-0.05, 0) is 25.7 Å². The van der Waals surface area contributed by atoms with Crippen molar-refractivity contribution in [2.75, 3.05) is 13.1 Å². The van der Waals surface area contributed by atoms with E-state index in [2.05, 4.69) is 9.97 Å². The van der Waals surface area contributed by atoms with Gasteiger partial charge in [0.1, 0.15) is 11.5 Å². The summed E-state index contributed by atoms with van der Waals surface area (Å²) in [5.41, 5.74) is 3.00. The number of piperidine rings is 1. The van der Waals surface area contributed by atoms with E-state index in [0.29, 0.717) is 24.6 Å². The average Bonchev–Trinajstić information content (AvgIpc) is 3.33. The highest BCUT2D eigenvalue weighted by atomic mass is 16.2. The Morgan fingerprint density at radius 2 is 1.90 bits per heavy atom. The molecule has 1 aliphatic heterocycles. The first kappa shape index (κ1) is 17.8. The van der Waals surface area contributed by atoms with Gasteiger partial charge in [-0.15, -0.1) is 0 Å². The third-order valence-corrected chi connectivity index (χ3v) is 6.35. The summed E-state index contributed by atoms with van der Waals surface area (Å²) in [6.07, 6.45) is 6.72. The number of carbonyl (C=O) groups is 1. The maximum atomic E-state index is 12.7. The molecule has 1 aromatic carbocycles. The largest absolute Gasteiger partial charge is 0.340 e. The second kappa shape index (κ2) is 6.69. The standard InChI is InChI=1S/C22H23N5O2/c1-26-13-17(23-14-26)21(29)27-11-9-22(10-12-27)8-7-16-18(22)24-19(25-20(16)28)15-5-3-2-4-6-15/h2-6,13-14H,7-12H2,1H3,(H,24,25,28). The van der Waals surface area contributed by atoms with Gasteiger partial charge < -0.3 is 14.5 Å². The molecule has 1 amide bonds. The molecule has 5 rings (SSSR count). The Bertz CT molecular complexity index is 1120. The number of imidazole rings is 1. The molecule has 0 radical (unpaired) electrons. The van der Waals surface area contributed by atoms with E-state index >= 15 is 0 Å². The quantitative estimate of drug-likeness (QED) is 0.729. The summed E-state index contributed by atoms with van der Waals surface area (Å²) in [7, 11) is 1.86. The Kier molecular flexibility index (Phi) is 4.12. The molecule has 7 heteroatoms. The van der Waals surface area contributed by atoms with Crippen molar-refractivity contribution in [3.63, 3.8) is 0 Å². The minimum Gasteiger partial charge on any atom is -0.340 e. The molecule has 2 aromatic heterocycles. The van der Waals surface area contributed by atoms with E-state index in [0.717, 1.165) is 42.5 Å². The smallest absolute Gasteiger partial charge is 0.274 e. The van der Waals surface area contributed by atoms with Crippen LogP contribution in [0.15, 0.2) is 47.7 Å². The third-order valence-electron chi connectivity index (χ3n) is 6.35. The second-order valence-electron chi connectivity index (χ2n) is 8.10. The molecule has 0 atom stereocenters. The number of rotatable bonds is 2. The van der Waals surface area contributed by atoms with Gasteiger partial charge in [0.15, 0.2) is 0 Å². The fourth-order valence-corrected chi connectivity index (χ4v) is 4.69. The van der Waals surface area contributed by atoms with Crippen molar-refractivity contribution in [2.45, 2.75) is 31.1 Å². The zero-order valence-corrected chi connectivity index (χ0v) is 16.4. The van der Waals surface area contributed by atoms with Crippen LogP contribution in [-0.4, -0.2) is 43.4 Å². The van der Waals surface area contributed by atoms with Gasteiger partial charge in [-0.3, -0.25) is 9.59 Å². The van der Waals surface area contributed by atoms with Gasteiger partial charge >= 0.3 is 0 Å². The number of amides is 1. The summed E-state index contributed by atoms with van der Waals surface area (Å²) in [5, 5.41) is 0. The molecule has 1 fully saturated rings. The highest BCUT2D eigenvalue weighted by Gasteiger charge is 2.44. The summed E-state index contributed by atoms with van der Waals surface area (Å²) >= 11 is 0. The number of likely N-dealkylation sites (tertiary alicyclic amines) is 1. The lowest BCUT2D eigenvalue weighted by Gasteiger charge is -2.39. The molecule has 148 valence electrons. The predicted molar refractivity (Wildman–Crippen MR) is 109 cm³/mol. The molecular weight excluding hydrogens is 366 g/mol. The maximum absolute atomic E-state index is 12.7. The number of nitrogens with zero attached hydrogens (tertiary/aromatic N) is 4. The van der Waals surface area contributed by atoms with Gasteiger partial charge in [0, 0.05) is 42.9 Å². The van der Waals surface area contributed by atoms with Crippen LogP contribution in [0.2, 0.25) is 0 Å². The molecule has 1 N–H and O–H groups in total. The fraction of sp³-hybridized carbons (Fsp3) is 0.364. The molecule has 3 aromatic rings. The van der Waals surface area contributed by atoms with Crippen LogP contribution in [0, 0.1) is 0 Å². The van der Waals surface area contributed by atoms with Crippen LogP contribution < -0.4 is 5.56 Å². The number of aromatic nitrogens is 4. The van der Waals surface area contributed by atoms with Crippen LogP contribution in [0.3, 0.4) is 0 Å². The van der Waals surface area contributed by atoms with E-state index in [1.165, 1.54) is 0 Å². The Labute approximate surface area is 168 Å². The molecule has 29 heavy (non-hydrogen) atoms. The maximum Gasteiger partial charge on any atom is 0.274 e. The topological polar surface area (TPSA) is 83.9 Å². The van der Waals surface area contributed by atoms with Crippen molar-refractivity contribution in [2.24, 2.45) is 7.05 Å². The van der Waals surface area contributed by atoms with Crippen molar-refractivity contribution in [1.82, 2.24) is 24.4 Å². The minimum absolute atomic E-state index is 0.0255. The number of H-pyrrole nitrogens is 1. The molecule has 7 nitrogen and oxygen atoms in total. The van der Waals surface area contributed by atoms with E-state index in [1.54, 1.807) is 17.1 Å². The van der Waals surface area contributed by atoms with Gasteiger partial charge in [-0.1, -0.05) is 30.3 Å². The van der Waals surface area contributed by atoms with Gasteiger partial charge in [-0.25, -0.2) is 9.97 Å². The van der Waals surface area contributed by atoms with Gasteiger partial charge in [0.2, 0.25) is 0 Å². The van der Waals surface area contributed by atoms with E-state index in [9.17, 15) is 9.59 Å². The lowest BCUT2D eigenvalue weighted by atomic mass is 9.76. The van der Waals surface area contributed by atoms with E-state index in [4.69, 9.17) is 4.98 Å². The molecule has 1 saturated heterocycles. The normalized spacial score (nSPS) is 17.5. The molecule has 1 aliphatic carbocycles. The summed E-state index contributed by atoms with van der Waals surface area (Å²) in [6.45, 7) is 1.31. The Balaban J connectivity index is 1.42. The highest BCUT2D eigenvalue weighted by Crippen LogP contribution is 2.44. The molecule has 0 unspecified atom stereocenters. The van der Waals surface area contributed by atoms with Crippen molar-refractivity contribution >= 4 is 5.91 Å². The number of hydrogen-bond acceptors (Lipinski definition) is 4. The number of aryl methyl sites for hydroxylation is 1. The number of fused-ring (bicyclic) bond motifs is 2. The number of benzene rings is 1. The zero-order chi connectivity index (χ0) is 20.0. The van der Waals surface area contributed by atoms with E-state index < -0.39 is 0 Å². The first-order chi connectivity index (χ1) is 14.1. The van der Waals surface area contributed by atoms with Crippen LogP contribution in [0.5, 0.6) is 0 Å². The van der Waals surface area contributed by atoms with Crippen molar-refractivity contribution in [1.29, 1.82) is 0 Å². The minimum atomic E-state index is -0.117. The Hall–Kier alpha value is -3.22. The van der Waals surface area contributed by atoms with Crippen LogP contribution in [0.25, 0.3) is 11.4 Å². The van der Waals surface area contributed by atoms with Crippen molar-refractivity contribution in [3.8, 4) is 11.4 Å². The average molecular weight is 389 g/mol. The molecule has 0 bridgehead atoms. The SMILES string of the molecule is Cn1cnc(C(=O)N2CCC3(CCc4c3nc(-c3ccccc3)[nH]c4=O)CC2)c1. The molecular formula is C22H23N5O2. The van der Waals surface area contributed by atoms with Gasteiger partial charge in [0.25, 0.3) is 11.5 Å². The number of nitrogens with one attached hydrogen (secondary N) is 1. The Morgan fingerprint density at radius 3 is 2.59 bits per heavy atom. The molecule has 3 heterocycles. The third kappa shape index (κ3) is 2.97. The fourth-order valence-electron chi connectivity index (χ4n) is 4.69. The van der Waals surface area contributed by atoms with Crippen molar-refractivity contribution in [3.05, 3.63) is 70.2 Å². The lowest BCUT2D eigenvalue weighted by Crippen LogP contribution is -2.45. The molecule has 2 aliphatic rings. The summed E-state index contributed by atoms with van der Waals surface area (Å²) in [5.74, 6) is 0.602. The Morgan fingerprint density at radius 1 is 1.14 bits per heavy atom. The first-order valence-electron chi connectivity index (χ1n) is 10.0. The number of aromatic amines is 1. The monoisotopic (exact) mass is 389 g/mol. The highest BCUT2D eigenvalue weighted by molar-refractivity contribution is 5.92. The molecule has 1 spiro atoms. The predicted octanol–water partition coefficient (Wildman–Crippen LogP) is 2.29. The van der Waals surface area contributed by atoms with E-state index in [1.807, 2.05) is 42.3 Å².